The SMILES string of the molecule is Cc1c(-c2ccncc2)c2cc(OC(C)(C)C(=O)O)ccc2n1C(C)C. The number of hydrogen-bond acceptors (Lipinski definition) is 3. The summed E-state index contributed by atoms with van der Waals surface area (Å²) in [5.74, 6) is -0.455. The lowest BCUT2D eigenvalue weighted by Crippen LogP contribution is -2.37. The number of carboxylic acid groups (broad SMARTS) is 1. The lowest BCUT2D eigenvalue weighted by Gasteiger charge is -2.21. The highest BCUT2D eigenvalue weighted by atomic mass is 16.5. The molecule has 2 aromatic heterocycles. The van der Waals surface area contributed by atoms with Crippen LogP contribution >= 0.6 is 0 Å². The molecule has 1 N–H and O–H groups in total. The van der Waals surface area contributed by atoms with Crippen molar-refractivity contribution < 1.29 is 14.6 Å². The van der Waals surface area contributed by atoms with Crippen molar-refractivity contribution in [3.63, 3.8) is 0 Å². The quantitative estimate of drug-likeness (QED) is 0.714. The number of nitrogens with zero attached hydrogens (tertiary/aromatic N) is 2. The van der Waals surface area contributed by atoms with Crippen LogP contribution in [0.5, 0.6) is 5.75 Å². The zero-order valence-corrected chi connectivity index (χ0v) is 15.8. The Labute approximate surface area is 153 Å². The molecule has 2 heterocycles. The monoisotopic (exact) mass is 352 g/mol. The van der Waals surface area contributed by atoms with Gasteiger partial charge in [-0.3, -0.25) is 4.98 Å². The number of carboxylic acids is 1. The van der Waals surface area contributed by atoms with E-state index in [0.717, 1.165) is 27.7 Å². The highest BCUT2D eigenvalue weighted by Gasteiger charge is 2.29. The Morgan fingerprint density at radius 1 is 1.19 bits per heavy atom. The fourth-order valence-corrected chi connectivity index (χ4v) is 3.37. The maximum atomic E-state index is 11.4. The minimum Gasteiger partial charge on any atom is -0.478 e. The first-order valence-electron chi connectivity index (χ1n) is 8.69. The van der Waals surface area contributed by atoms with Crippen LogP contribution in [-0.2, 0) is 4.79 Å². The molecule has 5 nitrogen and oxygen atoms in total. The Bertz CT molecular complexity index is 956. The molecule has 0 aliphatic heterocycles. The van der Waals surface area contributed by atoms with Crippen molar-refractivity contribution >= 4 is 16.9 Å². The molecule has 0 aliphatic carbocycles. The Hall–Kier alpha value is -2.82. The van der Waals surface area contributed by atoms with Gasteiger partial charge in [0.1, 0.15) is 5.75 Å². The zero-order chi connectivity index (χ0) is 19.1. The Morgan fingerprint density at radius 3 is 2.42 bits per heavy atom. The Balaban J connectivity index is 2.23. The Kier molecular flexibility index (Phi) is 4.48. The molecule has 0 saturated heterocycles. The predicted molar refractivity (Wildman–Crippen MR) is 103 cm³/mol. The van der Waals surface area contributed by atoms with E-state index >= 15 is 0 Å². The largest absolute Gasteiger partial charge is 0.478 e. The van der Waals surface area contributed by atoms with Gasteiger partial charge >= 0.3 is 5.97 Å². The standard InChI is InChI=1S/C21H24N2O3/c1-13(2)23-14(3)19(15-8-10-22-11-9-15)17-12-16(6-7-18(17)23)26-21(4,5)20(24)25/h6-13H,1-5H3,(H,24,25). The molecule has 0 spiro atoms. The molecule has 1 aromatic carbocycles. The fraction of sp³-hybridized carbons (Fsp3) is 0.333. The van der Waals surface area contributed by atoms with E-state index in [-0.39, 0.29) is 0 Å². The number of ether oxygens (including phenoxy) is 1. The smallest absolute Gasteiger partial charge is 0.347 e. The van der Waals surface area contributed by atoms with Crippen molar-refractivity contribution in [3.05, 3.63) is 48.4 Å². The first-order chi connectivity index (χ1) is 12.2. The lowest BCUT2D eigenvalue weighted by molar-refractivity contribution is -0.152. The summed E-state index contributed by atoms with van der Waals surface area (Å²) in [6.45, 7) is 9.51. The molecule has 0 aliphatic rings. The van der Waals surface area contributed by atoms with Gasteiger partial charge in [-0.05, 0) is 70.5 Å². The zero-order valence-electron chi connectivity index (χ0n) is 15.8. The number of benzene rings is 1. The molecule has 3 aromatic rings. The maximum absolute atomic E-state index is 11.4. The molecule has 0 atom stereocenters. The van der Waals surface area contributed by atoms with E-state index in [4.69, 9.17) is 4.74 Å². The average Bonchev–Trinajstić information content (AvgIpc) is 2.86. The molecule has 0 saturated carbocycles. The number of rotatable bonds is 5. The Morgan fingerprint density at radius 2 is 1.85 bits per heavy atom. The first kappa shape index (κ1) is 18.0. The predicted octanol–water partition coefficient (Wildman–Crippen LogP) is 4.83. The van der Waals surface area contributed by atoms with E-state index in [2.05, 4.69) is 30.3 Å². The van der Waals surface area contributed by atoms with Crippen LogP contribution in [-0.4, -0.2) is 26.2 Å². The van der Waals surface area contributed by atoms with Crippen molar-refractivity contribution in [3.8, 4) is 16.9 Å². The fourth-order valence-electron chi connectivity index (χ4n) is 3.37. The third-order valence-electron chi connectivity index (χ3n) is 4.59. The summed E-state index contributed by atoms with van der Waals surface area (Å²) in [6, 6.07) is 10.0. The van der Waals surface area contributed by atoms with Gasteiger partial charge in [-0.15, -0.1) is 0 Å². The van der Waals surface area contributed by atoms with Crippen LogP contribution in [0.3, 0.4) is 0 Å². The number of carbonyl (C=O) groups is 1. The summed E-state index contributed by atoms with van der Waals surface area (Å²) < 4.78 is 8.04. The van der Waals surface area contributed by atoms with Crippen LogP contribution in [0.15, 0.2) is 42.7 Å². The van der Waals surface area contributed by atoms with Crippen LogP contribution in [0.4, 0.5) is 0 Å². The summed E-state index contributed by atoms with van der Waals surface area (Å²) in [5, 5.41) is 10.4. The number of hydrogen-bond donors (Lipinski definition) is 1. The molecule has 0 unspecified atom stereocenters. The van der Waals surface area contributed by atoms with Crippen molar-refractivity contribution in [1.82, 2.24) is 9.55 Å². The maximum Gasteiger partial charge on any atom is 0.347 e. The topological polar surface area (TPSA) is 64.3 Å². The molecule has 26 heavy (non-hydrogen) atoms. The van der Waals surface area contributed by atoms with Gasteiger partial charge in [-0.25, -0.2) is 4.79 Å². The molecule has 136 valence electrons. The van der Waals surface area contributed by atoms with Crippen LogP contribution in [0.1, 0.15) is 39.4 Å². The summed E-state index contributed by atoms with van der Waals surface area (Å²) in [5.41, 5.74) is 3.17. The summed E-state index contributed by atoms with van der Waals surface area (Å²) in [7, 11) is 0. The number of aromatic nitrogens is 2. The number of pyridine rings is 1. The second-order valence-corrected chi connectivity index (χ2v) is 7.26. The van der Waals surface area contributed by atoms with Crippen LogP contribution in [0, 0.1) is 6.92 Å². The van der Waals surface area contributed by atoms with Crippen LogP contribution in [0.2, 0.25) is 0 Å². The van der Waals surface area contributed by atoms with Gasteiger partial charge < -0.3 is 14.4 Å². The molecular weight excluding hydrogens is 328 g/mol. The van der Waals surface area contributed by atoms with Crippen molar-refractivity contribution in [2.75, 3.05) is 0 Å². The lowest BCUT2D eigenvalue weighted by atomic mass is 10.0. The van der Waals surface area contributed by atoms with E-state index in [1.165, 1.54) is 0 Å². The highest BCUT2D eigenvalue weighted by molar-refractivity contribution is 5.99. The molecule has 0 amide bonds. The third-order valence-corrected chi connectivity index (χ3v) is 4.59. The van der Waals surface area contributed by atoms with Gasteiger partial charge in [0, 0.05) is 40.6 Å². The molecule has 0 bridgehead atoms. The molecule has 5 heteroatoms. The van der Waals surface area contributed by atoms with Crippen LogP contribution < -0.4 is 4.74 Å². The van der Waals surface area contributed by atoms with Gasteiger partial charge in [0.2, 0.25) is 0 Å². The van der Waals surface area contributed by atoms with E-state index < -0.39 is 11.6 Å². The van der Waals surface area contributed by atoms with Gasteiger partial charge in [-0.1, -0.05) is 0 Å². The third kappa shape index (κ3) is 3.05. The van der Waals surface area contributed by atoms with Gasteiger partial charge in [-0.2, -0.15) is 0 Å². The van der Waals surface area contributed by atoms with E-state index in [1.807, 2.05) is 30.3 Å². The second kappa shape index (κ2) is 6.48. The normalized spacial score (nSPS) is 11.9. The van der Waals surface area contributed by atoms with E-state index in [1.54, 1.807) is 26.2 Å². The highest BCUT2D eigenvalue weighted by Crippen LogP contribution is 2.38. The van der Waals surface area contributed by atoms with E-state index in [9.17, 15) is 9.90 Å². The minimum absolute atomic E-state index is 0.301. The average molecular weight is 352 g/mol. The second-order valence-electron chi connectivity index (χ2n) is 7.26. The summed E-state index contributed by atoms with van der Waals surface area (Å²) in [6.07, 6.45) is 3.56. The number of fused-ring (bicyclic) bond motifs is 1. The first-order valence-corrected chi connectivity index (χ1v) is 8.69. The van der Waals surface area contributed by atoms with Crippen LogP contribution in [0.25, 0.3) is 22.0 Å². The van der Waals surface area contributed by atoms with Crippen molar-refractivity contribution in [1.29, 1.82) is 0 Å². The molecular formula is C21H24N2O3. The van der Waals surface area contributed by atoms with Gasteiger partial charge in [0.05, 0.1) is 0 Å². The molecule has 0 radical (unpaired) electrons. The number of aliphatic carboxylic acids is 1. The van der Waals surface area contributed by atoms with E-state index in [0.29, 0.717) is 11.8 Å². The van der Waals surface area contributed by atoms with Crippen molar-refractivity contribution in [2.45, 2.75) is 46.3 Å². The van der Waals surface area contributed by atoms with Crippen molar-refractivity contribution in [2.24, 2.45) is 0 Å². The summed E-state index contributed by atoms with van der Waals surface area (Å²) in [4.78, 5) is 15.5. The minimum atomic E-state index is -1.29. The summed E-state index contributed by atoms with van der Waals surface area (Å²) >= 11 is 0. The van der Waals surface area contributed by atoms with Gasteiger partial charge in [0.15, 0.2) is 5.60 Å². The molecule has 3 rings (SSSR count). The van der Waals surface area contributed by atoms with Gasteiger partial charge in [0.25, 0.3) is 0 Å². The molecule has 0 fully saturated rings.